The van der Waals surface area contributed by atoms with Crippen molar-refractivity contribution in [1.82, 2.24) is 15.1 Å². The molecule has 0 saturated carbocycles. The van der Waals surface area contributed by atoms with Crippen molar-refractivity contribution >= 4 is 11.6 Å². The minimum atomic E-state index is -0.206. The van der Waals surface area contributed by atoms with Gasteiger partial charge in [-0.3, -0.25) is 9.69 Å². The molecule has 1 amide bonds. The number of aryl methyl sites for hydroxylation is 1. The first-order valence-corrected chi connectivity index (χ1v) is 9.01. The van der Waals surface area contributed by atoms with Gasteiger partial charge in [0.05, 0.1) is 19.7 Å². The van der Waals surface area contributed by atoms with Crippen molar-refractivity contribution in [1.29, 1.82) is 0 Å². The van der Waals surface area contributed by atoms with Gasteiger partial charge < -0.3 is 14.5 Å². The summed E-state index contributed by atoms with van der Waals surface area (Å²) in [6.07, 6.45) is 0. The van der Waals surface area contributed by atoms with Crippen molar-refractivity contribution < 1.29 is 13.9 Å². The van der Waals surface area contributed by atoms with Crippen LogP contribution in [-0.4, -0.2) is 41.7 Å². The van der Waals surface area contributed by atoms with Crippen LogP contribution in [0.5, 0.6) is 5.75 Å². The van der Waals surface area contributed by atoms with Gasteiger partial charge in [-0.05, 0) is 45.2 Å². The molecule has 146 valence electrons. The molecule has 0 bridgehead atoms. The molecule has 2 aromatic carbocycles. The van der Waals surface area contributed by atoms with Gasteiger partial charge >= 0.3 is 0 Å². The molecule has 1 heterocycles. The SMILES string of the molecule is COc1cccc(NC(=O)CN(C)[C@H](C)c2nnc(-c3cccc(C)c3)o2)c1. The summed E-state index contributed by atoms with van der Waals surface area (Å²) >= 11 is 0. The summed E-state index contributed by atoms with van der Waals surface area (Å²) < 4.78 is 11.0. The van der Waals surface area contributed by atoms with Gasteiger partial charge in [-0.2, -0.15) is 0 Å². The molecule has 0 radical (unpaired) electrons. The van der Waals surface area contributed by atoms with Gasteiger partial charge in [-0.1, -0.05) is 23.8 Å². The number of anilines is 1. The van der Waals surface area contributed by atoms with Crippen LogP contribution in [-0.2, 0) is 4.79 Å². The Morgan fingerprint density at radius 2 is 2.00 bits per heavy atom. The molecule has 0 fully saturated rings. The van der Waals surface area contributed by atoms with E-state index in [1.54, 1.807) is 13.2 Å². The molecule has 0 unspecified atom stereocenters. The van der Waals surface area contributed by atoms with Crippen molar-refractivity contribution in [3.8, 4) is 17.2 Å². The first kappa shape index (κ1) is 19.6. The zero-order valence-corrected chi connectivity index (χ0v) is 16.5. The van der Waals surface area contributed by atoms with E-state index in [-0.39, 0.29) is 18.5 Å². The average Bonchev–Trinajstić information content (AvgIpc) is 3.17. The molecule has 0 saturated heterocycles. The summed E-state index contributed by atoms with van der Waals surface area (Å²) in [5.41, 5.74) is 2.69. The van der Waals surface area contributed by atoms with Crippen molar-refractivity contribution in [2.24, 2.45) is 0 Å². The smallest absolute Gasteiger partial charge is 0.247 e. The van der Waals surface area contributed by atoms with E-state index >= 15 is 0 Å². The third kappa shape index (κ3) is 4.75. The molecule has 3 aromatic rings. The normalized spacial score (nSPS) is 12.0. The van der Waals surface area contributed by atoms with Gasteiger partial charge in [0.15, 0.2) is 0 Å². The van der Waals surface area contributed by atoms with E-state index in [0.717, 1.165) is 11.1 Å². The predicted molar refractivity (Wildman–Crippen MR) is 107 cm³/mol. The zero-order valence-electron chi connectivity index (χ0n) is 16.5. The lowest BCUT2D eigenvalue weighted by Crippen LogP contribution is -2.32. The second-order valence-corrected chi connectivity index (χ2v) is 6.69. The quantitative estimate of drug-likeness (QED) is 0.673. The topological polar surface area (TPSA) is 80.5 Å². The number of carbonyl (C=O) groups is 1. The molecule has 0 aliphatic rings. The van der Waals surface area contributed by atoms with Gasteiger partial charge in [-0.15, -0.1) is 10.2 Å². The first-order chi connectivity index (χ1) is 13.5. The standard InChI is InChI=1S/C21H24N4O3/c1-14-7-5-8-16(11-14)21-24-23-20(28-21)15(2)25(3)13-19(26)22-17-9-6-10-18(12-17)27-4/h5-12,15H,13H2,1-4H3,(H,22,26)/t15-/m1/s1. The van der Waals surface area contributed by atoms with Crippen LogP contribution >= 0.6 is 0 Å². The Balaban J connectivity index is 1.62. The second kappa shape index (κ2) is 8.67. The van der Waals surface area contributed by atoms with Crippen LogP contribution in [0, 0.1) is 6.92 Å². The van der Waals surface area contributed by atoms with E-state index in [1.165, 1.54) is 0 Å². The van der Waals surface area contributed by atoms with E-state index in [2.05, 4.69) is 15.5 Å². The van der Waals surface area contributed by atoms with E-state index in [0.29, 0.717) is 23.2 Å². The molecule has 1 N–H and O–H groups in total. The highest BCUT2D eigenvalue weighted by Crippen LogP contribution is 2.24. The predicted octanol–water partition coefficient (Wildman–Crippen LogP) is 3.69. The van der Waals surface area contributed by atoms with Crippen molar-refractivity contribution in [3.05, 3.63) is 60.0 Å². The van der Waals surface area contributed by atoms with Crippen molar-refractivity contribution in [3.63, 3.8) is 0 Å². The number of nitrogens with one attached hydrogen (secondary N) is 1. The number of ether oxygens (including phenoxy) is 1. The van der Waals surface area contributed by atoms with Gasteiger partial charge in [0, 0.05) is 17.3 Å². The lowest BCUT2D eigenvalue weighted by Gasteiger charge is -2.21. The van der Waals surface area contributed by atoms with Crippen LogP contribution in [0.1, 0.15) is 24.4 Å². The second-order valence-electron chi connectivity index (χ2n) is 6.69. The molecular formula is C21H24N4O3. The summed E-state index contributed by atoms with van der Waals surface area (Å²) in [7, 11) is 3.43. The number of hydrogen-bond donors (Lipinski definition) is 1. The molecule has 7 heteroatoms. The number of aromatic nitrogens is 2. The fraction of sp³-hybridized carbons (Fsp3) is 0.286. The minimum absolute atomic E-state index is 0.138. The summed E-state index contributed by atoms with van der Waals surface area (Å²) in [5.74, 6) is 1.49. The number of methoxy groups -OCH3 is 1. The number of likely N-dealkylation sites (N-methyl/N-ethyl adjacent to an activating group) is 1. The number of benzene rings is 2. The van der Waals surface area contributed by atoms with Crippen LogP contribution < -0.4 is 10.1 Å². The molecule has 0 aliphatic heterocycles. The number of amides is 1. The molecule has 1 aromatic heterocycles. The van der Waals surface area contributed by atoms with Crippen molar-refractivity contribution in [2.75, 3.05) is 26.0 Å². The monoisotopic (exact) mass is 380 g/mol. The molecule has 3 rings (SSSR count). The Hall–Kier alpha value is -3.19. The minimum Gasteiger partial charge on any atom is -0.497 e. The zero-order chi connectivity index (χ0) is 20.1. The Kier molecular flexibility index (Phi) is 6.06. The Labute approximate surface area is 164 Å². The Bertz CT molecular complexity index is 954. The lowest BCUT2D eigenvalue weighted by atomic mass is 10.1. The van der Waals surface area contributed by atoms with Gasteiger partial charge in [0.2, 0.25) is 17.7 Å². The van der Waals surface area contributed by atoms with E-state index < -0.39 is 0 Å². The lowest BCUT2D eigenvalue weighted by molar-refractivity contribution is -0.117. The summed E-state index contributed by atoms with van der Waals surface area (Å²) in [6, 6.07) is 14.9. The highest BCUT2D eigenvalue weighted by molar-refractivity contribution is 5.92. The van der Waals surface area contributed by atoms with Crippen LogP contribution in [0.3, 0.4) is 0 Å². The molecule has 0 aliphatic carbocycles. The average molecular weight is 380 g/mol. The third-order valence-corrected chi connectivity index (χ3v) is 4.47. The maximum Gasteiger partial charge on any atom is 0.247 e. The number of carbonyl (C=O) groups excluding carboxylic acids is 1. The third-order valence-electron chi connectivity index (χ3n) is 4.47. The maximum atomic E-state index is 12.4. The molecule has 28 heavy (non-hydrogen) atoms. The van der Waals surface area contributed by atoms with E-state index in [9.17, 15) is 4.79 Å². The highest BCUT2D eigenvalue weighted by atomic mass is 16.5. The molecule has 1 atom stereocenters. The number of nitrogens with zero attached hydrogens (tertiary/aromatic N) is 3. The largest absolute Gasteiger partial charge is 0.497 e. The number of rotatable bonds is 7. The fourth-order valence-corrected chi connectivity index (χ4v) is 2.75. The summed E-state index contributed by atoms with van der Waals surface area (Å²) in [4.78, 5) is 14.2. The van der Waals surface area contributed by atoms with Gasteiger partial charge in [0.25, 0.3) is 0 Å². The van der Waals surface area contributed by atoms with Crippen LogP contribution in [0.15, 0.2) is 52.9 Å². The fourth-order valence-electron chi connectivity index (χ4n) is 2.75. The van der Waals surface area contributed by atoms with E-state index in [1.807, 2.05) is 68.3 Å². The molecular weight excluding hydrogens is 356 g/mol. The highest BCUT2D eigenvalue weighted by Gasteiger charge is 2.21. The number of hydrogen-bond acceptors (Lipinski definition) is 6. The van der Waals surface area contributed by atoms with Crippen LogP contribution in [0.2, 0.25) is 0 Å². The molecule has 7 nitrogen and oxygen atoms in total. The van der Waals surface area contributed by atoms with Crippen LogP contribution in [0.25, 0.3) is 11.5 Å². The van der Waals surface area contributed by atoms with Crippen LogP contribution in [0.4, 0.5) is 5.69 Å². The van der Waals surface area contributed by atoms with Gasteiger partial charge in [-0.25, -0.2) is 0 Å². The van der Waals surface area contributed by atoms with Gasteiger partial charge in [0.1, 0.15) is 5.75 Å². The van der Waals surface area contributed by atoms with Crippen molar-refractivity contribution in [2.45, 2.75) is 19.9 Å². The first-order valence-electron chi connectivity index (χ1n) is 9.01. The van der Waals surface area contributed by atoms with E-state index in [4.69, 9.17) is 9.15 Å². The summed E-state index contributed by atoms with van der Waals surface area (Å²) in [6.45, 7) is 4.12. The Morgan fingerprint density at radius 3 is 2.75 bits per heavy atom. The molecule has 0 spiro atoms. The maximum absolute atomic E-state index is 12.4. The summed E-state index contributed by atoms with van der Waals surface area (Å²) in [5, 5.41) is 11.2. The Morgan fingerprint density at radius 1 is 1.21 bits per heavy atom.